The maximum absolute atomic E-state index is 12.3. The minimum absolute atomic E-state index is 0.0735. The molecule has 27 heavy (non-hydrogen) atoms. The molecule has 2 unspecified atom stereocenters. The summed E-state index contributed by atoms with van der Waals surface area (Å²) in [6.45, 7) is 5.69. The van der Waals surface area contributed by atoms with E-state index in [0.717, 1.165) is 28.5 Å². The zero-order chi connectivity index (χ0) is 19.4. The van der Waals surface area contributed by atoms with Crippen LogP contribution in [0.5, 0.6) is 5.75 Å². The molecule has 1 fully saturated rings. The van der Waals surface area contributed by atoms with Gasteiger partial charge in [0.15, 0.2) is 0 Å². The monoisotopic (exact) mass is 370 g/mol. The molecular weight excluding hydrogens is 344 g/mol. The Kier molecular flexibility index (Phi) is 5.96. The smallest absolute Gasteiger partial charge is 0.305 e. The first-order chi connectivity index (χ1) is 13.0. The molecule has 6 heteroatoms. The molecule has 0 aliphatic carbocycles. The average molecular weight is 370 g/mol. The first-order valence-electron chi connectivity index (χ1n) is 9.40. The standard InChI is InChI=1S/C21H26N2O4/c1-3-14(2)27-19-9-8-15-6-4-5-7-16(15)17(19)13-23-11-10-22-21(26)18(23)12-20(24)25/h4-9,14,18H,3,10-13H2,1-2H3,(H,22,26)(H,24,25). The summed E-state index contributed by atoms with van der Waals surface area (Å²) in [6.07, 6.45) is 0.752. The van der Waals surface area contributed by atoms with E-state index in [4.69, 9.17) is 4.74 Å². The largest absolute Gasteiger partial charge is 0.490 e. The normalized spacial score (nSPS) is 18.9. The predicted octanol–water partition coefficient (Wildman–Crippen LogP) is 2.79. The number of fused-ring (bicyclic) bond motifs is 1. The number of carbonyl (C=O) groups is 2. The van der Waals surface area contributed by atoms with E-state index < -0.39 is 12.0 Å². The van der Waals surface area contributed by atoms with Gasteiger partial charge in [0.05, 0.1) is 12.5 Å². The van der Waals surface area contributed by atoms with Gasteiger partial charge in [0.1, 0.15) is 11.8 Å². The number of benzene rings is 2. The molecule has 2 aromatic rings. The third-order valence-corrected chi connectivity index (χ3v) is 5.07. The van der Waals surface area contributed by atoms with Crippen molar-refractivity contribution in [3.8, 4) is 5.75 Å². The van der Waals surface area contributed by atoms with Crippen LogP contribution in [0, 0.1) is 0 Å². The molecule has 1 heterocycles. The lowest BCUT2D eigenvalue weighted by molar-refractivity contribution is -0.143. The van der Waals surface area contributed by atoms with E-state index in [2.05, 4.69) is 12.2 Å². The van der Waals surface area contributed by atoms with Crippen LogP contribution >= 0.6 is 0 Å². The van der Waals surface area contributed by atoms with Gasteiger partial charge in [-0.1, -0.05) is 37.3 Å². The van der Waals surface area contributed by atoms with Crippen molar-refractivity contribution in [1.82, 2.24) is 10.2 Å². The average Bonchev–Trinajstić information content (AvgIpc) is 2.65. The van der Waals surface area contributed by atoms with Gasteiger partial charge in [0.2, 0.25) is 5.91 Å². The third kappa shape index (κ3) is 4.39. The SMILES string of the molecule is CCC(C)Oc1ccc2ccccc2c1CN1CCNC(=O)C1CC(=O)O. The lowest BCUT2D eigenvalue weighted by Gasteiger charge is -2.35. The minimum atomic E-state index is -0.976. The van der Waals surface area contributed by atoms with Crippen LogP contribution in [0.15, 0.2) is 36.4 Å². The zero-order valence-electron chi connectivity index (χ0n) is 15.8. The van der Waals surface area contributed by atoms with Crippen LogP contribution in [-0.4, -0.2) is 47.1 Å². The summed E-state index contributed by atoms with van der Waals surface area (Å²) < 4.78 is 6.14. The molecule has 6 nitrogen and oxygen atoms in total. The number of carbonyl (C=O) groups excluding carboxylic acids is 1. The summed E-state index contributed by atoms with van der Waals surface area (Å²) in [7, 11) is 0. The van der Waals surface area contributed by atoms with Gasteiger partial charge >= 0.3 is 5.97 Å². The molecule has 3 rings (SSSR count). The van der Waals surface area contributed by atoms with Gasteiger partial charge in [-0.15, -0.1) is 0 Å². The number of amides is 1. The highest BCUT2D eigenvalue weighted by Crippen LogP contribution is 2.31. The molecule has 1 amide bonds. The Morgan fingerprint density at radius 1 is 1.33 bits per heavy atom. The fraction of sp³-hybridized carbons (Fsp3) is 0.429. The highest BCUT2D eigenvalue weighted by Gasteiger charge is 2.32. The fourth-order valence-corrected chi connectivity index (χ4v) is 3.43. The third-order valence-electron chi connectivity index (χ3n) is 5.07. The number of ether oxygens (including phenoxy) is 1. The van der Waals surface area contributed by atoms with Gasteiger partial charge in [-0.25, -0.2) is 0 Å². The first kappa shape index (κ1) is 19.2. The zero-order valence-corrected chi connectivity index (χ0v) is 15.8. The van der Waals surface area contributed by atoms with Crippen LogP contribution in [-0.2, 0) is 16.1 Å². The Morgan fingerprint density at radius 2 is 2.11 bits per heavy atom. The molecule has 1 saturated heterocycles. The molecule has 0 aromatic heterocycles. The highest BCUT2D eigenvalue weighted by atomic mass is 16.5. The molecule has 1 aliphatic rings. The Balaban J connectivity index is 1.99. The fourth-order valence-electron chi connectivity index (χ4n) is 3.43. The Bertz CT molecular complexity index is 836. The maximum Gasteiger partial charge on any atom is 0.305 e. The summed E-state index contributed by atoms with van der Waals surface area (Å²) >= 11 is 0. The topological polar surface area (TPSA) is 78.9 Å². The molecule has 1 aliphatic heterocycles. The van der Waals surface area contributed by atoms with Crippen molar-refractivity contribution in [2.75, 3.05) is 13.1 Å². The van der Waals surface area contributed by atoms with Crippen molar-refractivity contribution in [2.45, 2.75) is 45.4 Å². The highest BCUT2D eigenvalue weighted by molar-refractivity contribution is 5.89. The second-order valence-electron chi connectivity index (χ2n) is 6.98. The van der Waals surface area contributed by atoms with Gasteiger partial charge in [0, 0.05) is 25.2 Å². The summed E-state index contributed by atoms with van der Waals surface area (Å²) in [4.78, 5) is 25.4. The van der Waals surface area contributed by atoms with Crippen molar-refractivity contribution in [3.05, 3.63) is 42.0 Å². The number of carboxylic acid groups (broad SMARTS) is 1. The van der Waals surface area contributed by atoms with Crippen molar-refractivity contribution >= 4 is 22.6 Å². The molecule has 144 valence electrons. The van der Waals surface area contributed by atoms with Crippen LogP contribution in [0.2, 0.25) is 0 Å². The second-order valence-corrected chi connectivity index (χ2v) is 6.98. The van der Waals surface area contributed by atoms with Crippen molar-refractivity contribution in [1.29, 1.82) is 0 Å². The van der Waals surface area contributed by atoms with E-state index in [9.17, 15) is 14.7 Å². The summed E-state index contributed by atoms with van der Waals surface area (Å²) in [5.74, 6) is -0.410. The summed E-state index contributed by atoms with van der Waals surface area (Å²) in [6, 6.07) is 11.4. The Hall–Kier alpha value is -2.60. The molecule has 0 bridgehead atoms. The van der Waals surface area contributed by atoms with E-state index >= 15 is 0 Å². The molecule has 2 aromatic carbocycles. The van der Waals surface area contributed by atoms with Crippen LogP contribution < -0.4 is 10.1 Å². The molecule has 0 spiro atoms. The number of piperazine rings is 1. The molecule has 0 radical (unpaired) electrons. The van der Waals surface area contributed by atoms with E-state index in [-0.39, 0.29) is 18.4 Å². The van der Waals surface area contributed by atoms with Crippen molar-refractivity contribution in [2.24, 2.45) is 0 Å². The van der Waals surface area contributed by atoms with Crippen LogP contribution in [0.3, 0.4) is 0 Å². The number of carboxylic acids is 1. The molecule has 2 N–H and O–H groups in total. The number of rotatable bonds is 7. The number of hydrogen-bond donors (Lipinski definition) is 2. The van der Waals surface area contributed by atoms with Gasteiger partial charge < -0.3 is 15.2 Å². The Labute approximate surface area is 159 Å². The second kappa shape index (κ2) is 8.39. The van der Waals surface area contributed by atoms with Crippen LogP contribution in [0.1, 0.15) is 32.3 Å². The number of hydrogen-bond acceptors (Lipinski definition) is 4. The van der Waals surface area contributed by atoms with Crippen LogP contribution in [0.4, 0.5) is 0 Å². The quantitative estimate of drug-likeness (QED) is 0.784. The molecule has 0 saturated carbocycles. The lowest BCUT2D eigenvalue weighted by atomic mass is 10.0. The minimum Gasteiger partial charge on any atom is -0.490 e. The summed E-state index contributed by atoms with van der Waals surface area (Å²) in [5.41, 5.74) is 0.999. The number of nitrogens with one attached hydrogen (secondary N) is 1. The van der Waals surface area contributed by atoms with E-state index in [0.29, 0.717) is 19.6 Å². The molecule has 2 atom stereocenters. The van der Waals surface area contributed by atoms with Gasteiger partial charge in [0.25, 0.3) is 0 Å². The first-order valence-corrected chi connectivity index (χ1v) is 9.40. The Morgan fingerprint density at radius 3 is 2.85 bits per heavy atom. The van der Waals surface area contributed by atoms with Gasteiger partial charge in [-0.2, -0.15) is 0 Å². The van der Waals surface area contributed by atoms with Crippen molar-refractivity contribution < 1.29 is 19.4 Å². The van der Waals surface area contributed by atoms with E-state index in [1.54, 1.807) is 0 Å². The maximum atomic E-state index is 12.3. The van der Waals surface area contributed by atoms with E-state index in [1.807, 2.05) is 48.2 Å². The van der Waals surface area contributed by atoms with Crippen LogP contribution in [0.25, 0.3) is 10.8 Å². The summed E-state index contributed by atoms with van der Waals surface area (Å²) in [5, 5.41) is 14.1. The number of aliphatic carboxylic acids is 1. The molecular formula is C21H26N2O4. The predicted molar refractivity (Wildman–Crippen MR) is 104 cm³/mol. The number of nitrogens with zero attached hydrogens (tertiary/aromatic N) is 1. The van der Waals surface area contributed by atoms with Crippen molar-refractivity contribution in [3.63, 3.8) is 0 Å². The van der Waals surface area contributed by atoms with Gasteiger partial charge in [-0.05, 0) is 30.2 Å². The van der Waals surface area contributed by atoms with Gasteiger partial charge in [-0.3, -0.25) is 14.5 Å². The lowest BCUT2D eigenvalue weighted by Crippen LogP contribution is -2.55. The van der Waals surface area contributed by atoms with E-state index in [1.165, 1.54) is 0 Å².